The van der Waals surface area contributed by atoms with Gasteiger partial charge in [0, 0.05) is 12.5 Å². The molecule has 1 saturated heterocycles. The molecule has 1 aromatic rings. The molecule has 1 aromatic heterocycles. The molecule has 19 heavy (non-hydrogen) atoms. The Morgan fingerprint density at radius 1 is 1.47 bits per heavy atom. The number of hydrogen-bond donors (Lipinski definition) is 1. The van der Waals surface area contributed by atoms with Gasteiger partial charge in [0.2, 0.25) is 5.91 Å². The van der Waals surface area contributed by atoms with Crippen molar-refractivity contribution in [3.05, 3.63) is 23.8 Å². The molecule has 1 fully saturated rings. The summed E-state index contributed by atoms with van der Waals surface area (Å²) in [5.41, 5.74) is 0. The van der Waals surface area contributed by atoms with Crippen LogP contribution >= 0.6 is 0 Å². The molecule has 0 unspecified atom stereocenters. The molecule has 1 aliphatic carbocycles. The molecule has 1 amide bonds. The molecule has 0 saturated carbocycles. The van der Waals surface area contributed by atoms with E-state index in [0.29, 0.717) is 25.5 Å². The molecule has 3 rings (SSSR count). The van der Waals surface area contributed by atoms with Gasteiger partial charge < -0.3 is 9.64 Å². The second-order valence-electron chi connectivity index (χ2n) is 5.06. The average Bonchev–Trinajstić information content (AvgIpc) is 3.09. The van der Waals surface area contributed by atoms with E-state index >= 15 is 0 Å². The van der Waals surface area contributed by atoms with E-state index in [9.17, 15) is 4.79 Å². The van der Waals surface area contributed by atoms with Gasteiger partial charge in [-0.05, 0) is 19.8 Å². The first-order chi connectivity index (χ1) is 9.24. The van der Waals surface area contributed by atoms with Crippen molar-refractivity contribution in [1.29, 1.82) is 0 Å². The van der Waals surface area contributed by atoms with Crippen molar-refractivity contribution in [2.45, 2.75) is 25.9 Å². The van der Waals surface area contributed by atoms with Crippen molar-refractivity contribution in [3.63, 3.8) is 0 Å². The number of amides is 1. The van der Waals surface area contributed by atoms with Gasteiger partial charge >= 0.3 is 0 Å². The van der Waals surface area contributed by atoms with Crippen molar-refractivity contribution in [1.82, 2.24) is 20.1 Å². The molecule has 0 radical (unpaired) electrons. The Kier molecular flexibility index (Phi) is 3.33. The number of carbonyl (C=O) groups excluding carboxylic acids is 1. The van der Waals surface area contributed by atoms with Gasteiger partial charge in [0.15, 0.2) is 5.82 Å². The number of morpholine rings is 1. The van der Waals surface area contributed by atoms with E-state index in [1.54, 1.807) is 0 Å². The van der Waals surface area contributed by atoms with Crippen LogP contribution in [0.3, 0.4) is 0 Å². The van der Waals surface area contributed by atoms with Crippen LogP contribution in [0.2, 0.25) is 0 Å². The zero-order valence-corrected chi connectivity index (χ0v) is 11.0. The van der Waals surface area contributed by atoms with Gasteiger partial charge in [-0.15, -0.1) is 0 Å². The Hall–Kier alpha value is -1.69. The maximum absolute atomic E-state index is 12.4. The van der Waals surface area contributed by atoms with Crippen LogP contribution in [0, 0.1) is 12.8 Å². The number of nitrogens with one attached hydrogen (secondary N) is 1. The van der Waals surface area contributed by atoms with Crippen molar-refractivity contribution < 1.29 is 9.53 Å². The fourth-order valence-electron chi connectivity index (χ4n) is 2.59. The number of aryl methyl sites for hydroxylation is 1. The van der Waals surface area contributed by atoms with Crippen molar-refractivity contribution >= 4 is 5.91 Å². The second kappa shape index (κ2) is 5.13. The van der Waals surface area contributed by atoms with Gasteiger partial charge in [0.05, 0.1) is 13.2 Å². The molecule has 0 aromatic carbocycles. The largest absolute Gasteiger partial charge is 0.366 e. The summed E-state index contributed by atoms with van der Waals surface area (Å²) in [5.74, 6) is 1.75. The average molecular weight is 262 g/mol. The van der Waals surface area contributed by atoms with Gasteiger partial charge in [-0.3, -0.25) is 9.89 Å². The Balaban J connectivity index is 1.66. The predicted molar refractivity (Wildman–Crippen MR) is 68.3 cm³/mol. The highest BCUT2D eigenvalue weighted by atomic mass is 16.5. The Labute approximate surface area is 111 Å². The Morgan fingerprint density at radius 3 is 2.95 bits per heavy atom. The molecule has 1 aliphatic heterocycles. The molecule has 2 aliphatic rings. The van der Waals surface area contributed by atoms with Gasteiger partial charge in [0.25, 0.3) is 0 Å². The van der Waals surface area contributed by atoms with Crippen LogP contribution in [0.5, 0.6) is 0 Å². The lowest BCUT2D eigenvalue weighted by atomic mass is 10.1. The third kappa shape index (κ3) is 2.53. The van der Waals surface area contributed by atoms with E-state index in [-0.39, 0.29) is 17.9 Å². The van der Waals surface area contributed by atoms with Crippen LogP contribution in [0.4, 0.5) is 0 Å². The normalized spacial score (nSPS) is 24.1. The van der Waals surface area contributed by atoms with Crippen molar-refractivity contribution in [2.24, 2.45) is 5.92 Å². The topological polar surface area (TPSA) is 71.1 Å². The van der Waals surface area contributed by atoms with Crippen LogP contribution in [0.1, 0.15) is 30.6 Å². The fourth-order valence-corrected chi connectivity index (χ4v) is 2.59. The van der Waals surface area contributed by atoms with E-state index in [2.05, 4.69) is 27.3 Å². The maximum atomic E-state index is 12.4. The standard InChI is InChI=1S/C13H18N4O2/c1-9-14-12(16-15-9)11-8-17(6-7-19-11)13(18)10-4-2-3-5-10/h2-3,10-11H,4-8H2,1H3,(H,14,15,16)/t11-/m1/s1. The molecule has 0 bridgehead atoms. The van der Waals surface area contributed by atoms with Crippen LogP contribution in [-0.2, 0) is 9.53 Å². The zero-order chi connectivity index (χ0) is 13.2. The van der Waals surface area contributed by atoms with Gasteiger partial charge in [0.1, 0.15) is 11.9 Å². The maximum Gasteiger partial charge on any atom is 0.226 e. The summed E-state index contributed by atoms with van der Waals surface area (Å²) in [7, 11) is 0. The molecule has 1 N–H and O–H groups in total. The Bertz CT molecular complexity index is 489. The number of H-pyrrole nitrogens is 1. The molecule has 2 heterocycles. The van der Waals surface area contributed by atoms with Crippen molar-refractivity contribution in [3.8, 4) is 0 Å². The summed E-state index contributed by atoms with van der Waals surface area (Å²) in [6, 6.07) is 0. The van der Waals surface area contributed by atoms with Gasteiger partial charge in [-0.2, -0.15) is 5.10 Å². The summed E-state index contributed by atoms with van der Waals surface area (Å²) in [6.07, 6.45) is 5.68. The number of ether oxygens (including phenoxy) is 1. The molecule has 6 nitrogen and oxygen atoms in total. The summed E-state index contributed by atoms with van der Waals surface area (Å²) in [5, 5.41) is 6.93. The van der Waals surface area contributed by atoms with Crippen LogP contribution in [0.25, 0.3) is 0 Å². The zero-order valence-electron chi connectivity index (χ0n) is 11.0. The second-order valence-corrected chi connectivity index (χ2v) is 5.06. The van der Waals surface area contributed by atoms with E-state index < -0.39 is 0 Å². The molecule has 6 heteroatoms. The molecule has 102 valence electrons. The lowest BCUT2D eigenvalue weighted by Crippen LogP contribution is -2.44. The van der Waals surface area contributed by atoms with Gasteiger partial charge in [-0.25, -0.2) is 4.98 Å². The van der Waals surface area contributed by atoms with Gasteiger partial charge in [-0.1, -0.05) is 12.2 Å². The first-order valence-corrected chi connectivity index (χ1v) is 6.68. The minimum atomic E-state index is -0.211. The number of rotatable bonds is 2. The third-order valence-corrected chi connectivity index (χ3v) is 3.64. The van der Waals surface area contributed by atoms with E-state index in [4.69, 9.17) is 4.74 Å². The fraction of sp³-hybridized carbons (Fsp3) is 0.615. The summed E-state index contributed by atoms with van der Waals surface area (Å²) >= 11 is 0. The monoisotopic (exact) mass is 262 g/mol. The molecular weight excluding hydrogens is 244 g/mol. The number of aromatic nitrogens is 3. The molecular formula is C13H18N4O2. The Morgan fingerprint density at radius 2 is 2.26 bits per heavy atom. The number of aromatic amines is 1. The van der Waals surface area contributed by atoms with E-state index in [1.807, 2.05) is 11.8 Å². The SMILES string of the molecule is Cc1nc([C@H]2CN(C(=O)C3CC=CC3)CCO2)n[nH]1. The highest BCUT2D eigenvalue weighted by Gasteiger charge is 2.31. The number of hydrogen-bond acceptors (Lipinski definition) is 4. The predicted octanol–water partition coefficient (Wildman–Crippen LogP) is 0.979. The van der Waals surface area contributed by atoms with Crippen molar-refractivity contribution in [2.75, 3.05) is 19.7 Å². The number of nitrogens with zero attached hydrogens (tertiary/aromatic N) is 3. The first-order valence-electron chi connectivity index (χ1n) is 6.68. The summed E-state index contributed by atoms with van der Waals surface area (Å²) in [6.45, 7) is 3.61. The molecule has 0 spiro atoms. The van der Waals surface area contributed by atoms with E-state index in [0.717, 1.165) is 18.7 Å². The lowest BCUT2D eigenvalue weighted by molar-refractivity contribution is -0.143. The minimum absolute atomic E-state index is 0.118. The third-order valence-electron chi connectivity index (χ3n) is 3.64. The summed E-state index contributed by atoms with van der Waals surface area (Å²) in [4.78, 5) is 18.5. The quantitative estimate of drug-likeness (QED) is 0.806. The van der Waals surface area contributed by atoms with E-state index in [1.165, 1.54) is 0 Å². The summed E-state index contributed by atoms with van der Waals surface area (Å²) < 4.78 is 5.67. The number of allylic oxidation sites excluding steroid dienone is 2. The first kappa shape index (κ1) is 12.3. The van der Waals surface area contributed by atoms with Crippen LogP contribution in [0.15, 0.2) is 12.2 Å². The molecule has 1 atom stereocenters. The smallest absolute Gasteiger partial charge is 0.226 e. The highest BCUT2D eigenvalue weighted by molar-refractivity contribution is 5.79. The number of carbonyl (C=O) groups is 1. The highest BCUT2D eigenvalue weighted by Crippen LogP contribution is 2.24. The minimum Gasteiger partial charge on any atom is -0.366 e. The van der Waals surface area contributed by atoms with Crippen LogP contribution < -0.4 is 0 Å². The van der Waals surface area contributed by atoms with Crippen LogP contribution in [-0.4, -0.2) is 45.7 Å². The lowest BCUT2D eigenvalue weighted by Gasteiger charge is -2.33.